The smallest absolute Gasteiger partial charge is 0.409 e. The van der Waals surface area contributed by atoms with E-state index < -0.39 is 6.10 Å². The number of aliphatic hydroxyl groups is 1. The normalized spacial score (nSPS) is 17.9. The lowest BCUT2D eigenvalue weighted by atomic mass is 9.89. The third kappa shape index (κ3) is 3.61. The average molecular weight is 299 g/mol. The highest BCUT2D eigenvalue weighted by molar-refractivity contribution is 6.29. The van der Waals surface area contributed by atoms with E-state index in [-0.39, 0.29) is 12.0 Å². The molecule has 1 N–H and O–H groups in total. The van der Waals surface area contributed by atoms with E-state index in [9.17, 15) is 9.90 Å². The maximum absolute atomic E-state index is 11.6. The zero-order valence-electron chi connectivity index (χ0n) is 11.5. The molecule has 1 atom stereocenters. The number of hydrogen-bond donors (Lipinski definition) is 1. The van der Waals surface area contributed by atoms with Crippen molar-refractivity contribution in [1.29, 1.82) is 0 Å². The summed E-state index contributed by atoms with van der Waals surface area (Å²) in [7, 11) is 0. The van der Waals surface area contributed by atoms with Gasteiger partial charge in [-0.2, -0.15) is 0 Å². The highest BCUT2D eigenvalue weighted by Crippen LogP contribution is 2.30. The first-order valence-corrected chi connectivity index (χ1v) is 7.21. The molecule has 1 aromatic heterocycles. The molecular weight excluding hydrogens is 280 g/mol. The molecule has 6 heteroatoms. The summed E-state index contributed by atoms with van der Waals surface area (Å²) < 4.78 is 4.97. The molecule has 1 aromatic rings. The van der Waals surface area contributed by atoms with Gasteiger partial charge < -0.3 is 14.7 Å². The number of likely N-dealkylation sites (tertiary alicyclic amines) is 1. The van der Waals surface area contributed by atoms with E-state index in [4.69, 9.17) is 16.3 Å². The molecule has 0 unspecified atom stereocenters. The van der Waals surface area contributed by atoms with E-state index in [0.717, 1.165) is 12.8 Å². The number of nitrogens with zero attached hydrogens (tertiary/aromatic N) is 2. The Hall–Kier alpha value is -1.33. The predicted molar refractivity (Wildman–Crippen MR) is 75.5 cm³/mol. The van der Waals surface area contributed by atoms with E-state index in [2.05, 4.69) is 4.98 Å². The predicted octanol–water partition coefficient (Wildman–Crippen LogP) is 2.64. The van der Waals surface area contributed by atoms with E-state index in [0.29, 0.717) is 30.5 Å². The Morgan fingerprint density at radius 1 is 1.55 bits per heavy atom. The monoisotopic (exact) mass is 298 g/mol. The Bertz CT molecular complexity index is 461. The number of hydrogen-bond acceptors (Lipinski definition) is 4. The van der Waals surface area contributed by atoms with Crippen LogP contribution in [0.1, 0.15) is 31.6 Å². The summed E-state index contributed by atoms with van der Waals surface area (Å²) in [6.07, 6.45) is 0.543. The van der Waals surface area contributed by atoms with E-state index >= 15 is 0 Å². The summed E-state index contributed by atoms with van der Waals surface area (Å²) in [5.41, 5.74) is 0.590. The minimum Gasteiger partial charge on any atom is -0.450 e. The number of aliphatic hydroxyl groups excluding tert-OH is 1. The van der Waals surface area contributed by atoms with Crippen LogP contribution in [0.5, 0.6) is 0 Å². The molecule has 0 radical (unpaired) electrons. The van der Waals surface area contributed by atoms with Crippen LogP contribution in [0.2, 0.25) is 5.15 Å². The molecular formula is C14H19ClN2O3. The standard InChI is InChI=1S/C14H19ClN2O3/c1-2-20-14(19)17-8-6-10(7-9-17)13(18)11-4-3-5-12(15)16-11/h3-5,10,13,18H,2,6-9H2,1H3/t13-/m1/s1. The molecule has 1 amide bonds. The molecule has 0 saturated carbocycles. The number of aromatic nitrogens is 1. The molecule has 1 saturated heterocycles. The van der Waals surface area contributed by atoms with Crippen LogP contribution in [-0.2, 0) is 4.74 Å². The summed E-state index contributed by atoms with van der Waals surface area (Å²) in [6, 6.07) is 5.23. The molecule has 0 spiro atoms. The van der Waals surface area contributed by atoms with Gasteiger partial charge in [0.1, 0.15) is 5.15 Å². The van der Waals surface area contributed by atoms with Crippen LogP contribution in [0.25, 0.3) is 0 Å². The number of carbonyl (C=O) groups is 1. The fraction of sp³-hybridized carbons (Fsp3) is 0.571. The van der Waals surface area contributed by atoms with E-state index in [1.807, 2.05) is 0 Å². The van der Waals surface area contributed by atoms with Crippen LogP contribution in [0, 0.1) is 5.92 Å². The second kappa shape index (κ2) is 6.90. The Labute approximate surface area is 123 Å². The Morgan fingerprint density at radius 2 is 2.25 bits per heavy atom. The maximum Gasteiger partial charge on any atom is 0.409 e. The van der Waals surface area contributed by atoms with Crippen LogP contribution in [0.15, 0.2) is 18.2 Å². The van der Waals surface area contributed by atoms with Gasteiger partial charge >= 0.3 is 6.09 Å². The first-order chi connectivity index (χ1) is 9.61. The van der Waals surface area contributed by atoms with Gasteiger partial charge in [-0.25, -0.2) is 9.78 Å². The number of rotatable bonds is 3. The molecule has 1 fully saturated rings. The van der Waals surface area contributed by atoms with Gasteiger partial charge in [0.05, 0.1) is 18.4 Å². The number of carbonyl (C=O) groups excluding carboxylic acids is 1. The van der Waals surface area contributed by atoms with Gasteiger partial charge in [0.25, 0.3) is 0 Å². The van der Waals surface area contributed by atoms with Crippen molar-refractivity contribution in [2.24, 2.45) is 5.92 Å². The lowest BCUT2D eigenvalue weighted by Gasteiger charge is -2.33. The Morgan fingerprint density at radius 3 is 2.85 bits per heavy atom. The zero-order chi connectivity index (χ0) is 14.5. The van der Waals surface area contributed by atoms with Crippen molar-refractivity contribution in [2.45, 2.75) is 25.9 Å². The zero-order valence-corrected chi connectivity index (χ0v) is 12.2. The van der Waals surface area contributed by atoms with E-state index in [1.165, 1.54) is 0 Å². The van der Waals surface area contributed by atoms with Gasteiger partial charge in [0.15, 0.2) is 0 Å². The highest BCUT2D eigenvalue weighted by Gasteiger charge is 2.29. The van der Waals surface area contributed by atoms with Gasteiger partial charge in [-0.3, -0.25) is 0 Å². The molecule has 0 bridgehead atoms. The molecule has 2 heterocycles. The molecule has 5 nitrogen and oxygen atoms in total. The summed E-state index contributed by atoms with van der Waals surface area (Å²) in [4.78, 5) is 17.4. The number of amides is 1. The maximum atomic E-state index is 11.6. The van der Waals surface area contributed by atoms with Crippen LogP contribution in [0.4, 0.5) is 4.79 Å². The van der Waals surface area contributed by atoms with Crippen LogP contribution < -0.4 is 0 Å². The van der Waals surface area contributed by atoms with Crippen molar-refractivity contribution in [3.63, 3.8) is 0 Å². The fourth-order valence-electron chi connectivity index (χ4n) is 2.44. The van der Waals surface area contributed by atoms with Crippen LogP contribution >= 0.6 is 11.6 Å². The number of halogens is 1. The van der Waals surface area contributed by atoms with Crippen molar-refractivity contribution >= 4 is 17.7 Å². The van der Waals surface area contributed by atoms with Crippen LogP contribution in [-0.4, -0.2) is 40.8 Å². The number of pyridine rings is 1. The topological polar surface area (TPSA) is 62.7 Å². The molecule has 110 valence electrons. The number of ether oxygens (including phenoxy) is 1. The summed E-state index contributed by atoms with van der Waals surface area (Å²) in [6.45, 7) is 3.37. The summed E-state index contributed by atoms with van der Waals surface area (Å²) >= 11 is 5.84. The molecule has 1 aliphatic rings. The second-order valence-electron chi connectivity index (χ2n) is 4.85. The van der Waals surface area contributed by atoms with Gasteiger partial charge in [0.2, 0.25) is 0 Å². The van der Waals surface area contributed by atoms with Gasteiger partial charge in [-0.15, -0.1) is 0 Å². The minimum absolute atomic E-state index is 0.0895. The molecule has 1 aliphatic heterocycles. The minimum atomic E-state index is -0.641. The lowest BCUT2D eigenvalue weighted by molar-refractivity contribution is 0.0465. The first-order valence-electron chi connectivity index (χ1n) is 6.84. The largest absolute Gasteiger partial charge is 0.450 e. The van der Waals surface area contributed by atoms with Gasteiger partial charge in [-0.05, 0) is 37.8 Å². The Kier molecular flexibility index (Phi) is 5.20. The van der Waals surface area contributed by atoms with E-state index in [1.54, 1.807) is 30.0 Å². The second-order valence-corrected chi connectivity index (χ2v) is 5.24. The lowest BCUT2D eigenvalue weighted by Crippen LogP contribution is -2.40. The first kappa shape index (κ1) is 15.1. The van der Waals surface area contributed by atoms with Crippen molar-refractivity contribution < 1.29 is 14.6 Å². The molecule has 0 aromatic carbocycles. The third-order valence-electron chi connectivity index (χ3n) is 3.55. The third-order valence-corrected chi connectivity index (χ3v) is 3.76. The average Bonchev–Trinajstić information content (AvgIpc) is 2.47. The summed E-state index contributed by atoms with van der Waals surface area (Å²) in [5, 5.41) is 10.7. The SMILES string of the molecule is CCOC(=O)N1CCC([C@@H](O)c2cccc(Cl)n2)CC1. The quantitative estimate of drug-likeness (QED) is 0.871. The highest BCUT2D eigenvalue weighted by atomic mass is 35.5. The molecule has 2 rings (SSSR count). The molecule has 0 aliphatic carbocycles. The number of piperidine rings is 1. The van der Waals surface area contributed by atoms with Crippen molar-refractivity contribution in [2.75, 3.05) is 19.7 Å². The van der Waals surface area contributed by atoms with Gasteiger partial charge in [-0.1, -0.05) is 17.7 Å². The summed E-state index contributed by atoms with van der Waals surface area (Å²) in [5.74, 6) is 0.0895. The van der Waals surface area contributed by atoms with Gasteiger partial charge in [0, 0.05) is 13.1 Å². The van der Waals surface area contributed by atoms with Crippen LogP contribution in [0.3, 0.4) is 0 Å². The van der Waals surface area contributed by atoms with Crippen molar-refractivity contribution in [3.8, 4) is 0 Å². The fourth-order valence-corrected chi connectivity index (χ4v) is 2.61. The van der Waals surface area contributed by atoms with Crippen molar-refractivity contribution in [1.82, 2.24) is 9.88 Å². The van der Waals surface area contributed by atoms with Crippen molar-refractivity contribution in [3.05, 3.63) is 29.0 Å². The Balaban J connectivity index is 1.92. The molecule has 20 heavy (non-hydrogen) atoms.